The number of hydrogen-bond acceptors (Lipinski definition) is 2. The van der Waals surface area contributed by atoms with Crippen LogP contribution in [0.2, 0.25) is 0 Å². The second kappa shape index (κ2) is 4.23. The largest absolute Gasteiger partial charge is 0.460 e. The molecule has 90 valence electrons. The van der Waals surface area contributed by atoms with Gasteiger partial charge in [-0.3, -0.25) is 4.79 Å². The molecule has 2 rings (SSSR count). The lowest BCUT2D eigenvalue weighted by atomic mass is 9.85. The van der Waals surface area contributed by atoms with Crippen molar-refractivity contribution in [2.24, 2.45) is 5.92 Å². The van der Waals surface area contributed by atoms with Crippen molar-refractivity contribution >= 4 is 5.97 Å². The summed E-state index contributed by atoms with van der Waals surface area (Å²) in [7, 11) is 0. The van der Waals surface area contributed by atoms with Gasteiger partial charge in [0, 0.05) is 0 Å². The van der Waals surface area contributed by atoms with E-state index in [9.17, 15) is 4.79 Å². The molecule has 0 aromatic rings. The van der Waals surface area contributed by atoms with Crippen LogP contribution in [0.1, 0.15) is 59.3 Å². The lowest BCUT2D eigenvalue weighted by Gasteiger charge is -2.27. The maximum atomic E-state index is 11.9. The molecule has 0 heterocycles. The van der Waals surface area contributed by atoms with Crippen molar-refractivity contribution in [3.63, 3.8) is 0 Å². The molecule has 2 nitrogen and oxygen atoms in total. The fourth-order valence-electron chi connectivity index (χ4n) is 2.36. The molecule has 0 aliphatic heterocycles. The summed E-state index contributed by atoms with van der Waals surface area (Å²) in [6, 6.07) is 0. The molecule has 2 saturated carbocycles. The Kier molecular flexibility index (Phi) is 3.09. The Labute approximate surface area is 98.1 Å². The lowest BCUT2D eigenvalue weighted by molar-refractivity contribution is -0.160. The van der Waals surface area contributed by atoms with Gasteiger partial charge in [-0.05, 0) is 59.3 Å². The number of hydrogen-bond donors (Lipinski definition) is 0. The average molecular weight is 222 g/mol. The smallest absolute Gasteiger partial charge is 0.309 e. The van der Waals surface area contributed by atoms with Gasteiger partial charge in [0.2, 0.25) is 0 Å². The third kappa shape index (κ3) is 3.10. The van der Waals surface area contributed by atoms with E-state index in [1.54, 1.807) is 11.1 Å². The summed E-state index contributed by atoms with van der Waals surface area (Å²) in [4.78, 5) is 11.9. The van der Waals surface area contributed by atoms with Gasteiger partial charge in [-0.2, -0.15) is 0 Å². The van der Waals surface area contributed by atoms with Crippen LogP contribution in [0, 0.1) is 5.92 Å². The minimum Gasteiger partial charge on any atom is -0.460 e. The molecule has 0 saturated heterocycles. The fourth-order valence-corrected chi connectivity index (χ4v) is 2.36. The van der Waals surface area contributed by atoms with Gasteiger partial charge in [0.15, 0.2) is 0 Å². The maximum absolute atomic E-state index is 11.9. The molecule has 2 fully saturated rings. The highest BCUT2D eigenvalue weighted by molar-refractivity contribution is 5.73. The molecule has 0 spiro atoms. The van der Waals surface area contributed by atoms with E-state index in [0.717, 1.165) is 25.7 Å². The molecule has 0 aromatic carbocycles. The van der Waals surface area contributed by atoms with Crippen LogP contribution in [0.15, 0.2) is 11.1 Å². The maximum Gasteiger partial charge on any atom is 0.309 e. The first-order valence-corrected chi connectivity index (χ1v) is 6.38. The molecule has 0 aromatic heterocycles. The van der Waals surface area contributed by atoms with Crippen LogP contribution in [0.3, 0.4) is 0 Å². The highest BCUT2D eigenvalue weighted by Crippen LogP contribution is 2.40. The van der Waals surface area contributed by atoms with Crippen molar-refractivity contribution < 1.29 is 9.53 Å². The zero-order chi connectivity index (χ0) is 11.8. The number of carbonyl (C=O) groups excluding carboxylic acids is 1. The summed E-state index contributed by atoms with van der Waals surface area (Å²) >= 11 is 0. The summed E-state index contributed by atoms with van der Waals surface area (Å²) in [5.74, 6) is 0.148. The van der Waals surface area contributed by atoms with Crippen molar-refractivity contribution in [2.45, 2.75) is 64.9 Å². The number of ether oxygens (including phenoxy) is 1. The van der Waals surface area contributed by atoms with Crippen LogP contribution < -0.4 is 0 Å². The molecular weight excluding hydrogens is 200 g/mol. The Morgan fingerprint density at radius 1 is 1.06 bits per heavy atom. The van der Waals surface area contributed by atoms with Crippen LogP contribution in [0.4, 0.5) is 0 Å². The average Bonchev–Trinajstić information content (AvgIpc) is 2.98. The van der Waals surface area contributed by atoms with Gasteiger partial charge in [0.05, 0.1) is 5.92 Å². The Morgan fingerprint density at radius 2 is 1.56 bits per heavy atom. The van der Waals surface area contributed by atoms with Gasteiger partial charge in [0.1, 0.15) is 5.60 Å². The monoisotopic (exact) mass is 222 g/mol. The summed E-state index contributed by atoms with van der Waals surface area (Å²) in [5.41, 5.74) is 2.97. The topological polar surface area (TPSA) is 26.3 Å². The van der Waals surface area contributed by atoms with Gasteiger partial charge in [-0.1, -0.05) is 11.1 Å². The van der Waals surface area contributed by atoms with E-state index in [-0.39, 0.29) is 17.5 Å². The Bertz CT molecular complexity index is 304. The molecule has 2 aliphatic carbocycles. The van der Waals surface area contributed by atoms with Crippen molar-refractivity contribution in [3.05, 3.63) is 11.1 Å². The van der Waals surface area contributed by atoms with Crippen molar-refractivity contribution in [2.75, 3.05) is 0 Å². The van der Waals surface area contributed by atoms with Crippen LogP contribution in [0.25, 0.3) is 0 Å². The number of rotatable bonds is 1. The van der Waals surface area contributed by atoms with E-state index < -0.39 is 0 Å². The van der Waals surface area contributed by atoms with E-state index in [1.807, 2.05) is 20.8 Å². The van der Waals surface area contributed by atoms with Crippen LogP contribution in [-0.2, 0) is 9.53 Å². The van der Waals surface area contributed by atoms with Crippen molar-refractivity contribution in [3.8, 4) is 0 Å². The molecule has 0 atom stereocenters. The minimum absolute atomic E-state index is 0.00680. The molecule has 2 heteroatoms. The van der Waals surface area contributed by atoms with E-state index in [0.29, 0.717) is 0 Å². The quantitative estimate of drug-likeness (QED) is 0.500. The SMILES string of the molecule is CC(C)(C)OC(=O)C1CCC(=C2CC2)CC1. The molecule has 0 N–H and O–H groups in total. The first kappa shape index (κ1) is 11.7. The third-order valence-electron chi connectivity index (χ3n) is 3.33. The van der Waals surface area contributed by atoms with Crippen LogP contribution in [0.5, 0.6) is 0 Å². The normalized spacial score (nSPS) is 25.6. The number of esters is 1. The molecule has 0 radical (unpaired) electrons. The van der Waals surface area contributed by atoms with E-state index in [1.165, 1.54) is 12.8 Å². The standard InChI is InChI=1S/C14H22O2/c1-14(2,3)16-13(15)12-8-6-11(7-9-12)10-4-5-10/h12H,4-9H2,1-3H3. The zero-order valence-corrected chi connectivity index (χ0v) is 10.6. The Balaban J connectivity index is 1.84. The Hall–Kier alpha value is -0.790. The second-order valence-electron chi connectivity index (χ2n) is 6.01. The van der Waals surface area contributed by atoms with Crippen molar-refractivity contribution in [1.29, 1.82) is 0 Å². The van der Waals surface area contributed by atoms with Gasteiger partial charge < -0.3 is 4.74 Å². The minimum atomic E-state index is -0.341. The van der Waals surface area contributed by atoms with E-state index in [4.69, 9.17) is 4.74 Å². The third-order valence-corrected chi connectivity index (χ3v) is 3.33. The second-order valence-corrected chi connectivity index (χ2v) is 6.01. The van der Waals surface area contributed by atoms with E-state index in [2.05, 4.69) is 0 Å². The van der Waals surface area contributed by atoms with Crippen LogP contribution in [-0.4, -0.2) is 11.6 Å². The summed E-state index contributed by atoms with van der Waals surface area (Å²) in [5, 5.41) is 0. The highest BCUT2D eigenvalue weighted by atomic mass is 16.6. The fraction of sp³-hybridized carbons (Fsp3) is 0.786. The van der Waals surface area contributed by atoms with Crippen LogP contribution >= 0.6 is 0 Å². The molecule has 16 heavy (non-hydrogen) atoms. The molecule has 0 unspecified atom stereocenters. The lowest BCUT2D eigenvalue weighted by Crippen LogP contribution is -2.30. The zero-order valence-electron chi connectivity index (χ0n) is 10.6. The predicted octanol–water partition coefficient (Wildman–Crippen LogP) is 3.61. The number of carbonyl (C=O) groups is 1. The van der Waals surface area contributed by atoms with Crippen molar-refractivity contribution in [1.82, 2.24) is 0 Å². The van der Waals surface area contributed by atoms with Gasteiger partial charge in [-0.15, -0.1) is 0 Å². The molecular formula is C14H22O2. The Morgan fingerprint density at radius 3 is 2.00 bits per heavy atom. The first-order valence-electron chi connectivity index (χ1n) is 6.38. The predicted molar refractivity (Wildman–Crippen MR) is 64.1 cm³/mol. The summed E-state index contributed by atoms with van der Waals surface area (Å²) in [6.07, 6.45) is 6.86. The molecule has 0 amide bonds. The van der Waals surface area contributed by atoms with E-state index >= 15 is 0 Å². The first-order chi connectivity index (χ1) is 7.46. The highest BCUT2D eigenvalue weighted by Gasteiger charge is 2.29. The molecule has 2 aliphatic rings. The van der Waals surface area contributed by atoms with Gasteiger partial charge in [-0.25, -0.2) is 0 Å². The van der Waals surface area contributed by atoms with Gasteiger partial charge >= 0.3 is 5.97 Å². The molecule has 0 bridgehead atoms. The summed E-state index contributed by atoms with van der Waals surface area (Å²) < 4.78 is 5.43. The van der Waals surface area contributed by atoms with Gasteiger partial charge in [0.25, 0.3) is 0 Å². The number of allylic oxidation sites excluding steroid dienone is 2. The summed E-state index contributed by atoms with van der Waals surface area (Å²) in [6.45, 7) is 5.81.